The lowest BCUT2D eigenvalue weighted by Gasteiger charge is -2.39. The third kappa shape index (κ3) is 2.34. The van der Waals surface area contributed by atoms with Crippen molar-refractivity contribution in [2.45, 2.75) is 36.8 Å². The van der Waals surface area contributed by atoms with Gasteiger partial charge in [-0.05, 0) is 48.6 Å². The number of fused-ring (bicyclic) bond motifs is 2. The molecule has 5 nitrogen and oxygen atoms in total. The smallest absolute Gasteiger partial charge is 0.237 e. The van der Waals surface area contributed by atoms with E-state index in [-0.39, 0.29) is 23.5 Å². The minimum Gasteiger partial charge on any atom is -0.393 e. The van der Waals surface area contributed by atoms with Crippen molar-refractivity contribution in [1.29, 1.82) is 0 Å². The number of benzene rings is 2. The van der Waals surface area contributed by atoms with Gasteiger partial charge in [0.25, 0.3) is 0 Å². The van der Waals surface area contributed by atoms with Crippen molar-refractivity contribution >= 4 is 17.5 Å². The third-order valence-corrected chi connectivity index (χ3v) is 6.52. The zero-order valence-corrected chi connectivity index (χ0v) is 15.3. The van der Waals surface area contributed by atoms with Crippen LogP contribution in [0.15, 0.2) is 48.5 Å². The highest BCUT2D eigenvalue weighted by Crippen LogP contribution is 2.55. The summed E-state index contributed by atoms with van der Waals surface area (Å²) >= 11 is 0. The van der Waals surface area contributed by atoms with Gasteiger partial charge in [-0.25, -0.2) is 4.39 Å². The summed E-state index contributed by atoms with van der Waals surface area (Å²) in [7, 11) is 0. The molecule has 2 aromatic carbocycles. The Labute approximate surface area is 162 Å². The normalized spacial score (nSPS) is 30.9. The number of nitrogens with one attached hydrogen (secondary N) is 1. The van der Waals surface area contributed by atoms with Crippen molar-refractivity contribution < 1.29 is 19.1 Å². The standard InChI is InChI=1S/C22H21FN2O3/c23-15-7-5-13(6-8-15)19-22(17-3-1-2-4-18(17)24-21(22)28)9-10-25(19)20(27)14-11-16(26)12-14/h1-8,14,16,19,26H,9-12H2,(H,24,28)/t14?,16?,19-,22+/m0/s1. The zero-order valence-electron chi connectivity index (χ0n) is 15.3. The number of aliphatic hydroxyl groups is 1. The number of carbonyl (C=O) groups is 2. The molecular weight excluding hydrogens is 359 g/mol. The molecule has 0 radical (unpaired) electrons. The number of halogens is 1. The van der Waals surface area contributed by atoms with Crippen LogP contribution in [0.5, 0.6) is 0 Å². The number of amides is 2. The van der Waals surface area contributed by atoms with E-state index in [1.54, 1.807) is 17.0 Å². The molecule has 2 amide bonds. The van der Waals surface area contributed by atoms with E-state index in [0.717, 1.165) is 16.8 Å². The maximum absolute atomic E-state index is 13.6. The monoisotopic (exact) mass is 380 g/mol. The molecule has 2 atom stereocenters. The first kappa shape index (κ1) is 17.4. The summed E-state index contributed by atoms with van der Waals surface area (Å²) < 4.78 is 13.6. The second kappa shape index (κ2) is 6.14. The lowest BCUT2D eigenvalue weighted by molar-refractivity contribution is -0.144. The molecule has 28 heavy (non-hydrogen) atoms. The number of carbonyl (C=O) groups excluding carboxylic acids is 2. The van der Waals surface area contributed by atoms with Gasteiger partial charge in [-0.15, -0.1) is 0 Å². The molecule has 2 aliphatic heterocycles. The van der Waals surface area contributed by atoms with Crippen molar-refractivity contribution in [3.8, 4) is 0 Å². The van der Waals surface area contributed by atoms with Crippen LogP contribution in [0.4, 0.5) is 10.1 Å². The lowest BCUT2D eigenvalue weighted by atomic mass is 9.72. The number of rotatable bonds is 2. The topological polar surface area (TPSA) is 69.6 Å². The Morgan fingerprint density at radius 3 is 2.57 bits per heavy atom. The number of hydrogen-bond acceptors (Lipinski definition) is 3. The molecule has 2 aromatic rings. The van der Waals surface area contributed by atoms with E-state index in [1.807, 2.05) is 24.3 Å². The fraction of sp³-hybridized carbons (Fsp3) is 0.364. The summed E-state index contributed by atoms with van der Waals surface area (Å²) in [5.41, 5.74) is 1.53. The second-order valence-electron chi connectivity index (χ2n) is 8.03. The molecule has 0 bridgehead atoms. The van der Waals surface area contributed by atoms with Crippen LogP contribution in [0.25, 0.3) is 0 Å². The number of anilines is 1. The average Bonchev–Trinajstić information content (AvgIpc) is 3.20. The Kier molecular flexibility index (Phi) is 3.81. The van der Waals surface area contributed by atoms with Crippen molar-refractivity contribution in [1.82, 2.24) is 4.90 Å². The molecule has 1 aliphatic carbocycles. The lowest BCUT2D eigenvalue weighted by Crippen LogP contribution is -2.47. The number of para-hydroxylation sites is 1. The van der Waals surface area contributed by atoms with Crippen molar-refractivity contribution in [2.24, 2.45) is 5.92 Å². The molecule has 0 unspecified atom stereocenters. The van der Waals surface area contributed by atoms with Crippen LogP contribution >= 0.6 is 0 Å². The molecule has 2 N–H and O–H groups in total. The maximum atomic E-state index is 13.6. The van der Waals surface area contributed by atoms with Gasteiger partial charge in [0.1, 0.15) is 11.2 Å². The van der Waals surface area contributed by atoms with E-state index >= 15 is 0 Å². The van der Waals surface area contributed by atoms with E-state index in [1.165, 1.54) is 12.1 Å². The quantitative estimate of drug-likeness (QED) is 0.842. The van der Waals surface area contributed by atoms with Gasteiger partial charge in [-0.1, -0.05) is 30.3 Å². The summed E-state index contributed by atoms with van der Waals surface area (Å²) in [6.45, 7) is 0.454. The predicted molar refractivity (Wildman–Crippen MR) is 101 cm³/mol. The van der Waals surface area contributed by atoms with Crippen molar-refractivity contribution in [3.05, 3.63) is 65.5 Å². The van der Waals surface area contributed by atoms with E-state index in [0.29, 0.717) is 25.8 Å². The summed E-state index contributed by atoms with van der Waals surface area (Å²) in [6, 6.07) is 13.2. The molecule has 144 valence electrons. The first-order valence-corrected chi connectivity index (χ1v) is 9.65. The number of likely N-dealkylation sites (tertiary alicyclic amines) is 1. The van der Waals surface area contributed by atoms with Crippen molar-refractivity contribution in [3.63, 3.8) is 0 Å². The highest BCUT2D eigenvalue weighted by Gasteiger charge is 2.60. The first-order chi connectivity index (χ1) is 13.5. The molecule has 1 saturated heterocycles. The maximum Gasteiger partial charge on any atom is 0.237 e. The third-order valence-electron chi connectivity index (χ3n) is 6.52. The average molecular weight is 380 g/mol. The summed E-state index contributed by atoms with van der Waals surface area (Å²) in [6.07, 6.45) is 1.01. The predicted octanol–water partition coefficient (Wildman–Crippen LogP) is 2.76. The van der Waals surface area contributed by atoms with Crippen LogP contribution in [0.1, 0.15) is 36.4 Å². The molecule has 1 saturated carbocycles. The van der Waals surface area contributed by atoms with Gasteiger partial charge in [0, 0.05) is 18.2 Å². The SMILES string of the molecule is O=C(C1CC(O)C1)N1CC[C@]2(C(=O)Nc3ccccc32)[C@@H]1c1ccc(F)cc1. The molecule has 5 rings (SSSR count). The number of hydrogen-bond donors (Lipinski definition) is 2. The van der Waals surface area contributed by atoms with E-state index in [2.05, 4.69) is 5.32 Å². The fourth-order valence-corrected chi connectivity index (χ4v) is 5.06. The van der Waals surface area contributed by atoms with Gasteiger partial charge in [0.15, 0.2) is 0 Å². The van der Waals surface area contributed by atoms with Gasteiger partial charge in [-0.2, -0.15) is 0 Å². The summed E-state index contributed by atoms with van der Waals surface area (Å²) in [5, 5.41) is 12.6. The summed E-state index contributed by atoms with van der Waals surface area (Å²) in [5.74, 6) is -0.722. The zero-order chi connectivity index (χ0) is 19.5. The van der Waals surface area contributed by atoms with E-state index in [4.69, 9.17) is 0 Å². The molecule has 1 spiro atoms. The molecule has 0 aromatic heterocycles. The highest BCUT2D eigenvalue weighted by atomic mass is 19.1. The molecule has 6 heteroatoms. The highest BCUT2D eigenvalue weighted by molar-refractivity contribution is 6.07. The second-order valence-corrected chi connectivity index (χ2v) is 8.03. The fourth-order valence-electron chi connectivity index (χ4n) is 5.06. The Hall–Kier alpha value is -2.73. The largest absolute Gasteiger partial charge is 0.393 e. The van der Waals surface area contributed by atoms with E-state index < -0.39 is 17.6 Å². The Morgan fingerprint density at radius 1 is 1.14 bits per heavy atom. The Bertz CT molecular complexity index is 955. The molecular formula is C22H21FN2O3. The van der Waals surface area contributed by atoms with Crippen LogP contribution in [-0.2, 0) is 15.0 Å². The minimum absolute atomic E-state index is 0.0336. The van der Waals surface area contributed by atoms with Gasteiger partial charge in [0.05, 0.1) is 12.1 Å². The van der Waals surface area contributed by atoms with Crippen molar-refractivity contribution in [2.75, 3.05) is 11.9 Å². The van der Waals surface area contributed by atoms with Crippen LogP contribution in [-0.4, -0.2) is 34.5 Å². The van der Waals surface area contributed by atoms with E-state index in [9.17, 15) is 19.1 Å². The van der Waals surface area contributed by atoms with Gasteiger partial charge >= 0.3 is 0 Å². The van der Waals surface area contributed by atoms with Gasteiger partial charge in [-0.3, -0.25) is 9.59 Å². The summed E-state index contributed by atoms with van der Waals surface area (Å²) in [4.78, 5) is 28.2. The van der Waals surface area contributed by atoms with Gasteiger partial charge < -0.3 is 15.3 Å². The molecule has 2 heterocycles. The number of aliphatic hydroxyl groups excluding tert-OH is 1. The molecule has 3 aliphatic rings. The number of nitrogens with zero attached hydrogens (tertiary/aromatic N) is 1. The van der Waals surface area contributed by atoms with Gasteiger partial charge in [0.2, 0.25) is 11.8 Å². The first-order valence-electron chi connectivity index (χ1n) is 9.65. The molecule has 2 fully saturated rings. The van der Waals surface area contributed by atoms with Crippen LogP contribution in [0.2, 0.25) is 0 Å². The Morgan fingerprint density at radius 2 is 1.86 bits per heavy atom. The van der Waals surface area contributed by atoms with Crippen LogP contribution in [0, 0.1) is 11.7 Å². The van der Waals surface area contributed by atoms with Crippen LogP contribution < -0.4 is 5.32 Å². The van der Waals surface area contributed by atoms with Crippen LogP contribution in [0.3, 0.4) is 0 Å². The minimum atomic E-state index is -0.882. The Balaban J connectivity index is 1.62.